The highest BCUT2D eigenvalue weighted by Gasteiger charge is 2.18. The zero-order valence-electron chi connectivity index (χ0n) is 14.8. The van der Waals surface area contributed by atoms with E-state index in [1.54, 1.807) is 30.0 Å². The van der Waals surface area contributed by atoms with Crippen LogP contribution in [0.5, 0.6) is 0 Å². The maximum atomic E-state index is 12.7. The Morgan fingerprint density at radius 3 is 2.81 bits per heavy atom. The third kappa shape index (κ3) is 3.98. The van der Waals surface area contributed by atoms with Crippen LogP contribution in [-0.2, 0) is 11.8 Å². The van der Waals surface area contributed by atoms with Crippen molar-refractivity contribution in [3.8, 4) is 17.1 Å². The van der Waals surface area contributed by atoms with Crippen molar-refractivity contribution in [3.05, 3.63) is 59.4 Å². The smallest absolute Gasteiger partial charge is 0.270 e. The summed E-state index contributed by atoms with van der Waals surface area (Å²) in [7, 11) is 3.58. The van der Waals surface area contributed by atoms with Crippen LogP contribution in [0.4, 0.5) is 0 Å². The van der Waals surface area contributed by atoms with Crippen LogP contribution in [0.2, 0.25) is 5.02 Å². The largest absolute Gasteiger partial charge is 0.385 e. The van der Waals surface area contributed by atoms with Crippen molar-refractivity contribution in [1.29, 1.82) is 0 Å². The first-order valence-electron chi connectivity index (χ1n) is 8.35. The Labute approximate surface area is 157 Å². The number of benzene rings is 1. The molecule has 0 atom stereocenters. The summed E-state index contributed by atoms with van der Waals surface area (Å²) in [4.78, 5) is 12.7. The average molecular weight is 373 g/mol. The molecule has 0 spiro atoms. The Balaban J connectivity index is 1.96. The quantitative estimate of drug-likeness (QED) is 0.647. The average Bonchev–Trinajstić information content (AvgIpc) is 3.24. The number of hydrogen-bond donors (Lipinski definition) is 1. The number of ether oxygens (including phenoxy) is 1. The van der Waals surface area contributed by atoms with E-state index in [1.165, 1.54) is 0 Å². The number of carbonyl (C=O) groups excluding carboxylic acids is 1. The summed E-state index contributed by atoms with van der Waals surface area (Å²) in [5.41, 5.74) is 2.85. The van der Waals surface area contributed by atoms with Gasteiger partial charge >= 0.3 is 0 Å². The minimum Gasteiger partial charge on any atom is -0.385 e. The minimum atomic E-state index is -0.186. The molecule has 26 heavy (non-hydrogen) atoms. The van der Waals surface area contributed by atoms with E-state index in [2.05, 4.69) is 10.4 Å². The van der Waals surface area contributed by atoms with Gasteiger partial charge in [-0.25, -0.2) is 4.68 Å². The summed E-state index contributed by atoms with van der Waals surface area (Å²) in [6.45, 7) is 1.13. The Bertz CT molecular complexity index is 901. The standard InChI is InChI=1S/C19H21ClN4O2/c1-23-10-4-8-17(23)16-13-18(19(25)21-9-5-11-26-2)24(22-16)15-7-3-6-14(20)12-15/h3-4,6-8,10,12-13H,5,9,11H2,1-2H3,(H,21,25). The van der Waals surface area contributed by atoms with Crippen molar-refractivity contribution < 1.29 is 9.53 Å². The third-order valence-corrected chi connectivity index (χ3v) is 4.25. The van der Waals surface area contributed by atoms with Crippen molar-refractivity contribution in [3.63, 3.8) is 0 Å². The second-order valence-electron chi connectivity index (χ2n) is 5.91. The molecule has 136 valence electrons. The number of methoxy groups -OCH3 is 1. The summed E-state index contributed by atoms with van der Waals surface area (Å²) < 4.78 is 8.60. The first kappa shape index (κ1) is 18.2. The Kier molecular flexibility index (Phi) is 5.75. The van der Waals surface area contributed by atoms with Crippen molar-refractivity contribution in [2.24, 2.45) is 7.05 Å². The van der Waals surface area contributed by atoms with E-state index >= 15 is 0 Å². The molecule has 1 amide bonds. The summed E-state index contributed by atoms with van der Waals surface area (Å²) in [6, 6.07) is 13.0. The Morgan fingerprint density at radius 2 is 2.12 bits per heavy atom. The first-order valence-corrected chi connectivity index (χ1v) is 8.73. The van der Waals surface area contributed by atoms with Crippen molar-refractivity contribution in [2.45, 2.75) is 6.42 Å². The molecule has 2 aromatic heterocycles. The van der Waals surface area contributed by atoms with Gasteiger partial charge in [0.25, 0.3) is 5.91 Å². The summed E-state index contributed by atoms with van der Waals surface area (Å²) >= 11 is 6.12. The van der Waals surface area contributed by atoms with Crippen LogP contribution in [0, 0.1) is 0 Å². The molecule has 2 heterocycles. The Morgan fingerprint density at radius 1 is 1.27 bits per heavy atom. The monoisotopic (exact) mass is 372 g/mol. The number of hydrogen-bond acceptors (Lipinski definition) is 3. The molecule has 0 radical (unpaired) electrons. The van der Waals surface area contributed by atoms with E-state index in [-0.39, 0.29) is 5.91 Å². The van der Waals surface area contributed by atoms with Crippen LogP contribution in [0.25, 0.3) is 17.1 Å². The van der Waals surface area contributed by atoms with Crippen LogP contribution < -0.4 is 5.32 Å². The highest BCUT2D eigenvalue weighted by atomic mass is 35.5. The van der Waals surface area contributed by atoms with Gasteiger partial charge in [-0.15, -0.1) is 0 Å². The van der Waals surface area contributed by atoms with Crippen LogP contribution in [0.1, 0.15) is 16.9 Å². The summed E-state index contributed by atoms with van der Waals surface area (Å²) in [5, 5.41) is 8.14. The molecule has 1 aromatic carbocycles. The molecule has 0 unspecified atom stereocenters. The molecular weight excluding hydrogens is 352 g/mol. The van der Waals surface area contributed by atoms with Gasteiger partial charge in [-0.1, -0.05) is 17.7 Å². The molecule has 0 saturated carbocycles. The van der Waals surface area contributed by atoms with Crippen molar-refractivity contribution >= 4 is 17.5 Å². The molecule has 7 heteroatoms. The lowest BCUT2D eigenvalue weighted by molar-refractivity contribution is 0.0941. The molecule has 3 rings (SSSR count). The molecule has 1 N–H and O–H groups in total. The molecule has 0 bridgehead atoms. The van der Waals surface area contributed by atoms with E-state index in [0.29, 0.717) is 23.9 Å². The molecule has 0 saturated heterocycles. The highest BCUT2D eigenvalue weighted by molar-refractivity contribution is 6.30. The molecule has 0 aliphatic heterocycles. The normalized spacial score (nSPS) is 10.9. The number of nitrogens with one attached hydrogen (secondary N) is 1. The van der Waals surface area contributed by atoms with Gasteiger partial charge in [0, 0.05) is 38.5 Å². The van der Waals surface area contributed by atoms with Gasteiger partial charge in [0.1, 0.15) is 11.4 Å². The second-order valence-corrected chi connectivity index (χ2v) is 6.35. The van der Waals surface area contributed by atoms with Crippen LogP contribution >= 0.6 is 11.6 Å². The summed E-state index contributed by atoms with van der Waals surface area (Å²) in [6.07, 6.45) is 2.69. The van der Waals surface area contributed by atoms with E-state index in [1.807, 2.05) is 42.1 Å². The highest BCUT2D eigenvalue weighted by Crippen LogP contribution is 2.23. The lowest BCUT2D eigenvalue weighted by Gasteiger charge is -2.08. The van der Waals surface area contributed by atoms with E-state index in [9.17, 15) is 4.79 Å². The fraction of sp³-hybridized carbons (Fsp3) is 0.263. The van der Waals surface area contributed by atoms with E-state index in [0.717, 1.165) is 23.5 Å². The second kappa shape index (κ2) is 8.21. The van der Waals surface area contributed by atoms with Gasteiger partial charge in [0.05, 0.1) is 11.4 Å². The van der Waals surface area contributed by atoms with Crippen LogP contribution in [0.15, 0.2) is 48.7 Å². The van der Waals surface area contributed by atoms with Gasteiger partial charge in [0.2, 0.25) is 0 Å². The van der Waals surface area contributed by atoms with Crippen molar-refractivity contribution in [1.82, 2.24) is 19.7 Å². The van der Waals surface area contributed by atoms with Crippen molar-refractivity contribution in [2.75, 3.05) is 20.3 Å². The predicted octanol–water partition coefficient (Wildman–Crippen LogP) is 3.30. The molecular formula is C19H21ClN4O2. The van der Waals surface area contributed by atoms with E-state index in [4.69, 9.17) is 16.3 Å². The molecule has 0 aliphatic rings. The molecule has 3 aromatic rings. The zero-order chi connectivity index (χ0) is 18.5. The lowest BCUT2D eigenvalue weighted by Crippen LogP contribution is -2.27. The number of nitrogens with zero attached hydrogens (tertiary/aromatic N) is 3. The number of carbonyl (C=O) groups is 1. The lowest BCUT2D eigenvalue weighted by atomic mass is 10.2. The van der Waals surface area contributed by atoms with Gasteiger partial charge in [0.15, 0.2) is 0 Å². The first-order chi connectivity index (χ1) is 12.6. The molecule has 6 nitrogen and oxygen atoms in total. The number of aromatic nitrogens is 3. The topological polar surface area (TPSA) is 61.1 Å². The number of rotatable bonds is 7. The SMILES string of the molecule is COCCCNC(=O)c1cc(-c2cccn2C)nn1-c1cccc(Cl)c1. The maximum Gasteiger partial charge on any atom is 0.270 e. The van der Waals surface area contributed by atoms with Gasteiger partial charge in [-0.2, -0.15) is 5.10 Å². The van der Waals surface area contributed by atoms with Crippen LogP contribution in [0.3, 0.4) is 0 Å². The minimum absolute atomic E-state index is 0.186. The number of halogens is 1. The fourth-order valence-corrected chi connectivity index (χ4v) is 2.89. The van der Waals surface area contributed by atoms with Crippen LogP contribution in [-0.4, -0.2) is 40.5 Å². The van der Waals surface area contributed by atoms with Gasteiger partial charge in [-0.3, -0.25) is 4.79 Å². The van der Waals surface area contributed by atoms with Gasteiger partial charge in [-0.05, 0) is 42.8 Å². The third-order valence-electron chi connectivity index (χ3n) is 4.01. The number of amides is 1. The molecule has 0 fully saturated rings. The summed E-state index contributed by atoms with van der Waals surface area (Å²) in [5.74, 6) is -0.186. The van der Waals surface area contributed by atoms with E-state index < -0.39 is 0 Å². The number of aryl methyl sites for hydroxylation is 1. The Hall–Kier alpha value is -2.57. The zero-order valence-corrected chi connectivity index (χ0v) is 15.5. The fourth-order valence-electron chi connectivity index (χ4n) is 2.71. The molecule has 0 aliphatic carbocycles. The van der Waals surface area contributed by atoms with Gasteiger partial charge < -0.3 is 14.6 Å². The predicted molar refractivity (Wildman–Crippen MR) is 102 cm³/mol. The maximum absolute atomic E-state index is 12.7.